The second kappa shape index (κ2) is 14.4. The number of carbonyl (C=O) groups excluding carboxylic acids is 4. The Hall–Kier alpha value is -5.50. The molecule has 2 aromatic heterocycles. The van der Waals surface area contributed by atoms with Gasteiger partial charge in [0, 0.05) is 100 Å². The van der Waals surface area contributed by atoms with E-state index in [1.165, 1.54) is 0 Å². The second-order valence-corrected chi connectivity index (χ2v) is 17.0. The van der Waals surface area contributed by atoms with Gasteiger partial charge in [0.1, 0.15) is 17.6 Å². The zero-order valence-corrected chi connectivity index (χ0v) is 32.9. The van der Waals surface area contributed by atoms with Gasteiger partial charge in [0.25, 0.3) is 5.91 Å². The normalized spacial score (nSPS) is 23.9. The predicted molar refractivity (Wildman–Crippen MR) is 215 cm³/mol. The number of nitrogens with zero attached hydrogens (tertiary/aromatic N) is 7. The number of pyridine rings is 1. The van der Waals surface area contributed by atoms with E-state index >= 15 is 4.39 Å². The third-order valence-corrected chi connectivity index (χ3v) is 13.9. The molecule has 4 amide bonds. The molecule has 1 saturated carbocycles. The fourth-order valence-electron chi connectivity index (χ4n) is 10.8. The quantitative estimate of drug-likeness (QED) is 0.196. The van der Waals surface area contributed by atoms with E-state index in [0.717, 1.165) is 107 Å². The lowest BCUT2D eigenvalue weighted by Crippen LogP contribution is -2.62. The lowest BCUT2D eigenvalue weighted by atomic mass is 9.66. The SMILES string of the molecule is COc1cc(N2CCC(CN3CCN(c4ccc5c(c4)CN([C@H]4CCC(=O)NC4=O)C5=O)CC3)CC2)c(F)cc1[C@@H]1N(c2cccn3ccnc23)C(=O)C12CCCC2. The largest absolute Gasteiger partial charge is 0.496 e. The fraction of sp³-hybridized carbons (Fsp3) is 0.477. The van der Waals surface area contributed by atoms with Gasteiger partial charge in [-0.1, -0.05) is 12.8 Å². The van der Waals surface area contributed by atoms with Crippen molar-refractivity contribution in [1.29, 1.82) is 0 Å². The predicted octanol–water partition coefficient (Wildman–Crippen LogP) is 4.93. The van der Waals surface area contributed by atoms with Crippen molar-refractivity contribution < 1.29 is 28.3 Å². The number of benzene rings is 2. The van der Waals surface area contributed by atoms with Gasteiger partial charge in [0.05, 0.1) is 29.9 Å². The van der Waals surface area contributed by atoms with E-state index in [-0.39, 0.29) is 36.0 Å². The highest BCUT2D eigenvalue weighted by atomic mass is 19.1. The number of fused-ring (bicyclic) bond motifs is 2. The Bertz CT molecular complexity index is 2310. The molecule has 7 heterocycles. The van der Waals surface area contributed by atoms with Gasteiger partial charge in [-0.15, -0.1) is 0 Å². The minimum absolute atomic E-state index is 0.0853. The van der Waals surface area contributed by atoms with Crippen LogP contribution in [0.25, 0.3) is 5.65 Å². The molecule has 0 unspecified atom stereocenters. The number of methoxy groups -OCH3 is 1. The van der Waals surface area contributed by atoms with Crippen molar-refractivity contribution in [3.63, 3.8) is 0 Å². The summed E-state index contributed by atoms with van der Waals surface area (Å²) in [4.78, 5) is 66.3. The Labute approximate surface area is 336 Å². The number of halogens is 1. The van der Waals surface area contributed by atoms with Crippen molar-refractivity contribution >= 4 is 46.3 Å². The highest BCUT2D eigenvalue weighted by molar-refractivity contribution is 6.09. The first-order valence-electron chi connectivity index (χ1n) is 20.8. The Morgan fingerprint density at radius 2 is 1.69 bits per heavy atom. The van der Waals surface area contributed by atoms with Crippen LogP contribution in [0.15, 0.2) is 61.1 Å². The number of anilines is 3. The van der Waals surface area contributed by atoms with E-state index in [1.807, 2.05) is 52.0 Å². The average molecular weight is 789 g/mol. The van der Waals surface area contributed by atoms with Crippen LogP contribution in [-0.2, 0) is 20.9 Å². The van der Waals surface area contributed by atoms with Gasteiger partial charge < -0.3 is 23.8 Å². The zero-order chi connectivity index (χ0) is 39.7. The minimum Gasteiger partial charge on any atom is -0.496 e. The summed E-state index contributed by atoms with van der Waals surface area (Å²) in [6.07, 6.45) is 11.6. The third kappa shape index (κ3) is 6.01. The molecular weight excluding hydrogens is 740 g/mol. The summed E-state index contributed by atoms with van der Waals surface area (Å²) < 4.78 is 24.3. The molecule has 5 fully saturated rings. The van der Waals surface area contributed by atoms with E-state index in [9.17, 15) is 19.2 Å². The third-order valence-electron chi connectivity index (χ3n) is 13.9. The van der Waals surface area contributed by atoms with Crippen LogP contribution in [0.5, 0.6) is 5.75 Å². The molecule has 14 heteroatoms. The topological polar surface area (TPSA) is 123 Å². The molecule has 1 N–H and O–H groups in total. The Morgan fingerprint density at radius 1 is 0.897 bits per heavy atom. The molecule has 10 rings (SSSR count). The Morgan fingerprint density at radius 3 is 2.45 bits per heavy atom. The summed E-state index contributed by atoms with van der Waals surface area (Å²) in [6, 6.07) is 12.3. The van der Waals surface area contributed by atoms with Crippen LogP contribution in [0.1, 0.15) is 78.9 Å². The molecule has 1 spiro atoms. The number of carbonyl (C=O) groups is 4. The number of rotatable bonds is 8. The van der Waals surface area contributed by atoms with Crippen LogP contribution in [0.3, 0.4) is 0 Å². The number of imide groups is 1. The van der Waals surface area contributed by atoms with E-state index in [4.69, 9.17) is 4.74 Å². The van der Waals surface area contributed by atoms with Crippen molar-refractivity contribution in [2.24, 2.45) is 11.3 Å². The number of hydrogen-bond acceptors (Lipinski definition) is 9. The van der Waals surface area contributed by atoms with Gasteiger partial charge >= 0.3 is 0 Å². The van der Waals surface area contributed by atoms with Crippen molar-refractivity contribution in [1.82, 2.24) is 24.5 Å². The standard InChI is InChI=1S/C44H49FN8O5/c1-58-37-25-36(33(45)24-32(37)39-44(12-2-3-13-44)43(57)53(39)34-5-4-15-51-18-14-46-40(34)51)50-16-10-28(11-17-50)26-48-19-21-49(22-20-48)30-6-7-31-29(23-30)27-52(42(31)56)35-8-9-38(54)47-41(35)55/h4-7,14-15,18,23-25,28,35,39H,2-3,8-13,16-17,19-22,26-27H2,1H3,(H,47,54,55)/t35-,39-/m0/s1. The smallest absolute Gasteiger partial charge is 0.255 e. The van der Waals surface area contributed by atoms with Gasteiger partial charge in [0.15, 0.2) is 5.65 Å². The molecule has 4 saturated heterocycles. The van der Waals surface area contributed by atoms with Gasteiger partial charge in [-0.2, -0.15) is 0 Å². The minimum atomic E-state index is -0.616. The van der Waals surface area contributed by atoms with Gasteiger partial charge in [-0.3, -0.25) is 34.3 Å². The second-order valence-electron chi connectivity index (χ2n) is 17.0. The van der Waals surface area contributed by atoms with Crippen LogP contribution in [-0.4, -0.2) is 102 Å². The number of hydrogen-bond donors (Lipinski definition) is 1. The number of β-lactam (4-membered cyclic amide) rings is 1. The summed E-state index contributed by atoms with van der Waals surface area (Å²) >= 11 is 0. The van der Waals surface area contributed by atoms with E-state index in [0.29, 0.717) is 41.5 Å². The van der Waals surface area contributed by atoms with Crippen LogP contribution in [0, 0.1) is 17.2 Å². The van der Waals surface area contributed by atoms with Gasteiger partial charge in [0.2, 0.25) is 17.7 Å². The van der Waals surface area contributed by atoms with Crippen molar-refractivity contribution in [2.75, 3.05) is 67.6 Å². The Balaban J connectivity index is 0.769. The highest BCUT2D eigenvalue weighted by Gasteiger charge is 2.63. The van der Waals surface area contributed by atoms with Crippen molar-refractivity contribution in [3.8, 4) is 5.75 Å². The molecule has 302 valence electrons. The first kappa shape index (κ1) is 36.8. The molecule has 6 aliphatic rings. The molecular formula is C44H49FN8O5. The molecule has 0 radical (unpaired) electrons. The number of piperazine rings is 1. The molecule has 4 aromatic rings. The van der Waals surface area contributed by atoms with E-state index < -0.39 is 17.4 Å². The van der Waals surface area contributed by atoms with Crippen LogP contribution in [0.2, 0.25) is 0 Å². The van der Waals surface area contributed by atoms with Crippen molar-refractivity contribution in [2.45, 2.75) is 70.0 Å². The highest BCUT2D eigenvalue weighted by Crippen LogP contribution is 2.62. The van der Waals surface area contributed by atoms with E-state index in [1.54, 1.807) is 24.3 Å². The van der Waals surface area contributed by atoms with Crippen molar-refractivity contribution in [3.05, 3.63) is 83.6 Å². The lowest BCUT2D eigenvalue weighted by Gasteiger charge is -2.55. The molecule has 2 atom stereocenters. The maximum absolute atomic E-state index is 16.4. The average Bonchev–Trinajstić information content (AvgIpc) is 4.01. The van der Waals surface area contributed by atoms with Gasteiger partial charge in [-0.05, 0) is 80.0 Å². The number of amides is 4. The monoisotopic (exact) mass is 788 g/mol. The van der Waals surface area contributed by atoms with Crippen LogP contribution in [0.4, 0.5) is 21.5 Å². The fourth-order valence-corrected chi connectivity index (χ4v) is 10.8. The number of piperidine rings is 2. The molecule has 0 bridgehead atoms. The summed E-state index contributed by atoms with van der Waals surface area (Å²) in [6.45, 7) is 6.51. The van der Waals surface area contributed by atoms with E-state index in [2.05, 4.69) is 31.1 Å². The zero-order valence-electron chi connectivity index (χ0n) is 32.9. The van der Waals surface area contributed by atoms with Crippen LogP contribution >= 0.6 is 0 Å². The lowest BCUT2D eigenvalue weighted by molar-refractivity contribution is -0.140. The number of nitrogens with one attached hydrogen (secondary N) is 1. The Kier molecular flexibility index (Phi) is 9.14. The maximum atomic E-state index is 16.4. The molecule has 2 aromatic carbocycles. The number of aromatic nitrogens is 2. The first-order chi connectivity index (χ1) is 28.2. The first-order valence-corrected chi connectivity index (χ1v) is 20.8. The number of imidazole rings is 1. The molecule has 58 heavy (non-hydrogen) atoms. The maximum Gasteiger partial charge on any atom is 0.255 e. The number of ether oxygens (including phenoxy) is 1. The molecule has 1 aliphatic carbocycles. The summed E-state index contributed by atoms with van der Waals surface area (Å²) in [5.74, 6) is 0.0973. The summed E-state index contributed by atoms with van der Waals surface area (Å²) in [5.41, 5.74) is 4.78. The van der Waals surface area contributed by atoms with Crippen LogP contribution < -0.4 is 24.8 Å². The van der Waals surface area contributed by atoms with Gasteiger partial charge in [-0.25, -0.2) is 9.37 Å². The molecule has 5 aliphatic heterocycles. The summed E-state index contributed by atoms with van der Waals surface area (Å²) in [7, 11) is 1.64. The molecule has 13 nitrogen and oxygen atoms in total. The summed E-state index contributed by atoms with van der Waals surface area (Å²) in [5, 5.41) is 2.37.